The van der Waals surface area contributed by atoms with Crippen LogP contribution < -0.4 is 0 Å². The van der Waals surface area contributed by atoms with E-state index < -0.39 is 9.84 Å². The van der Waals surface area contributed by atoms with Gasteiger partial charge >= 0.3 is 0 Å². The van der Waals surface area contributed by atoms with Crippen LogP contribution in [0.5, 0.6) is 0 Å². The van der Waals surface area contributed by atoms with E-state index in [4.69, 9.17) is 16.9 Å². The summed E-state index contributed by atoms with van der Waals surface area (Å²) in [5, 5.41) is 11.5. The van der Waals surface area contributed by atoms with Crippen LogP contribution in [0.25, 0.3) is 0 Å². The Labute approximate surface area is 109 Å². The molecule has 8 heteroatoms. The molecule has 5 nitrogen and oxygen atoms in total. The van der Waals surface area contributed by atoms with E-state index in [1.165, 1.54) is 12.1 Å². The maximum atomic E-state index is 11.7. The lowest BCUT2D eigenvalue weighted by Gasteiger charge is -2.06. The molecule has 0 radical (unpaired) electrons. The third-order valence-corrected chi connectivity index (χ3v) is 4.90. The monoisotopic (exact) mass is 298 g/mol. The lowest BCUT2D eigenvalue weighted by atomic mass is 10.2. The van der Waals surface area contributed by atoms with Gasteiger partial charge in [-0.05, 0) is 30.7 Å². The van der Waals surface area contributed by atoms with E-state index in [0.717, 1.165) is 12.0 Å². The summed E-state index contributed by atoms with van der Waals surface area (Å²) >= 11 is 6.21. The van der Waals surface area contributed by atoms with Gasteiger partial charge in [0.15, 0.2) is 9.84 Å². The summed E-state index contributed by atoms with van der Waals surface area (Å²) < 4.78 is 27.7. The van der Waals surface area contributed by atoms with E-state index in [0.29, 0.717) is 10.5 Å². The highest BCUT2D eigenvalue weighted by Gasteiger charge is 2.15. The minimum atomic E-state index is -3.33. The third-order valence-electron chi connectivity index (χ3n) is 2.01. The van der Waals surface area contributed by atoms with Crippen LogP contribution >= 0.6 is 23.6 Å². The van der Waals surface area contributed by atoms with Gasteiger partial charge in [-0.15, -0.1) is 15.9 Å². The summed E-state index contributed by atoms with van der Waals surface area (Å²) in [6, 6.07) is 4.54. The summed E-state index contributed by atoms with van der Waals surface area (Å²) in [6.07, 6.45) is 0. The molecule has 0 heterocycles. The Bertz CT molecular complexity index is 474. The first-order valence-electron chi connectivity index (χ1n) is 4.55. The molecular weight excluding hydrogens is 288 g/mol. The first kappa shape index (κ1) is 14.7. The topological polar surface area (TPSA) is 72.8 Å². The molecule has 0 amide bonds. The number of alkyl halides is 1. The van der Waals surface area contributed by atoms with Crippen molar-refractivity contribution in [2.75, 3.05) is 11.6 Å². The average molecular weight is 299 g/mol. The molecule has 0 spiro atoms. The van der Waals surface area contributed by atoms with Gasteiger partial charge in [0.2, 0.25) is 0 Å². The van der Waals surface area contributed by atoms with Crippen molar-refractivity contribution in [3.63, 3.8) is 0 Å². The summed E-state index contributed by atoms with van der Waals surface area (Å²) in [4.78, 5) is 0.855. The Morgan fingerprint density at radius 3 is 2.71 bits per heavy atom. The van der Waals surface area contributed by atoms with Crippen molar-refractivity contribution in [2.24, 2.45) is 0 Å². The van der Waals surface area contributed by atoms with Crippen LogP contribution in [0.15, 0.2) is 28.0 Å². The van der Waals surface area contributed by atoms with Crippen LogP contribution in [0.2, 0.25) is 0 Å². The first-order chi connectivity index (χ1) is 8.01. The largest absolute Gasteiger partial charge is 0.224 e. The number of halogens is 1. The fraction of sp³-hybridized carbons (Fsp3) is 0.333. The second kappa shape index (κ2) is 6.58. The number of sulfone groups is 1. The highest BCUT2D eigenvalue weighted by molar-refractivity contribution is 7.94. The quantitative estimate of drug-likeness (QED) is 0.376. The molecule has 0 fully saturated rings. The molecule has 0 saturated carbocycles. The molecule has 0 aliphatic carbocycles. The van der Waals surface area contributed by atoms with Gasteiger partial charge in [-0.25, -0.2) is 13.7 Å². The minimum absolute atomic E-state index is 0.0549. The van der Waals surface area contributed by atoms with E-state index in [1.54, 1.807) is 13.0 Å². The predicted molar refractivity (Wildman–Crippen MR) is 64.6 cm³/mol. The summed E-state index contributed by atoms with van der Waals surface area (Å²) in [7, 11) is -3.33. The minimum Gasteiger partial charge on any atom is -0.224 e. The average Bonchev–Trinajstić information content (AvgIpc) is 2.27. The first-order valence-corrected chi connectivity index (χ1v) is 7.48. The smallest absolute Gasteiger partial charge is 0.179 e. The molecule has 0 aromatic heterocycles. The van der Waals surface area contributed by atoms with E-state index in [2.05, 4.69) is 9.37 Å². The van der Waals surface area contributed by atoms with Crippen molar-refractivity contribution in [1.29, 1.82) is 0 Å². The highest BCUT2D eigenvalue weighted by Crippen LogP contribution is 2.26. The van der Waals surface area contributed by atoms with Gasteiger partial charge in [-0.2, -0.15) is 0 Å². The molecule has 17 heavy (non-hydrogen) atoms. The molecule has 0 unspecified atom stereocenters. The fourth-order valence-electron chi connectivity index (χ4n) is 1.18. The molecular formula is C9H11ClO5S2. The Morgan fingerprint density at radius 1 is 1.47 bits per heavy atom. The molecule has 1 N–H and O–H groups in total. The van der Waals surface area contributed by atoms with E-state index >= 15 is 0 Å². The van der Waals surface area contributed by atoms with E-state index in [1.807, 2.05) is 0 Å². The summed E-state index contributed by atoms with van der Waals surface area (Å²) in [5.74, 6) is -0.0456. The Kier molecular flexibility index (Phi) is 5.71. The number of rotatable bonds is 6. The lowest BCUT2D eigenvalue weighted by molar-refractivity contribution is -0.432. The number of aryl methyl sites for hydroxylation is 1. The van der Waals surface area contributed by atoms with Crippen molar-refractivity contribution >= 4 is 33.5 Å². The van der Waals surface area contributed by atoms with Crippen LogP contribution in [0.1, 0.15) is 5.56 Å². The summed E-state index contributed by atoms with van der Waals surface area (Å²) in [5.41, 5.74) is 0.697. The number of benzene rings is 1. The van der Waals surface area contributed by atoms with Gasteiger partial charge < -0.3 is 0 Å². The van der Waals surface area contributed by atoms with Gasteiger partial charge in [0.25, 0.3) is 0 Å². The zero-order valence-corrected chi connectivity index (χ0v) is 11.3. The van der Waals surface area contributed by atoms with Crippen molar-refractivity contribution in [3.8, 4) is 0 Å². The van der Waals surface area contributed by atoms with Crippen molar-refractivity contribution in [3.05, 3.63) is 23.8 Å². The predicted octanol–water partition coefficient (Wildman–Crippen LogP) is 2.44. The van der Waals surface area contributed by atoms with Gasteiger partial charge in [0, 0.05) is 10.8 Å². The Balaban J connectivity index is 2.96. The van der Waals surface area contributed by atoms with E-state index in [9.17, 15) is 8.42 Å². The number of hydrogen-bond donors (Lipinski definition) is 1. The molecule has 0 aliphatic heterocycles. The zero-order valence-electron chi connectivity index (χ0n) is 8.92. The normalized spacial score (nSPS) is 11.7. The van der Waals surface area contributed by atoms with Crippen LogP contribution in [0, 0.1) is 6.92 Å². The van der Waals surface area contributed by atoms with Crippen molar-refractivity contribution in [2.45, 2.75) is 16.7 Å². The second-order valence-electron chi connectivity index (χ2n) is 3.16. The zero-order chi connectivity index (χ0) is 12.9. The third kappa shape index (κ3) is 4.13. The van der Waals surface area contributed by atoms with Gasteiger partial charge in [-0.1, -0.05) is 5.04 Å². The molecule has 0 saturated heterocycles. The second-order valence-corrected chi connectivity index (χ2v) is 6.39. The molecule has 0 bridgehead atoms. The van der Waals surface area contributed by atoms with Crippen molar-refractivity contribution < 1.29 is 23.0 Å². The SMILES string of the molecule is Cc1cc(S(=O)(=O)CCCl)ccc1SOOO. The molecule has 1 aromatic rings. The van der Waals surface area contributed by atoms with Crippen LogP contribution in [-0.2, 0) is 19.2 Å². The highest BCUT2D eigenvalue weighted by atomic mass is 35.5. The van der Waals surface area contributed by atoms with Crippen LogP contribution in [0.4, 0.5) is 0 Å². The maximum absolute atomic E-state index is 11.7. The molecule has 1 rings (SSSR count). The molecule has 1 aromatic carbocycles. The van der Waals surface area contributed by atoms with Gasteiger partial charge in [-0.3, -0.25) is 0 Å². The number of hydrogen-bond acceptors (Lipinski definition) is 6. The Morgan fingerprint density at radius 2 is 2.18 bits per heavy atom. The van der Waals surface area contributed by atoms with Gasteiger partial charge in [0.1, 0.15) is 0 Å². The van der Waals surface area contributed by atoms with Crippen LogP contribution in [0.3, 0.4) is 0 Å². The fourth-order valence-corrected chi connectivity index (χ4v) is 3.28. The molecule has 0 aliphatic rings. The van der Waals surface area contributed by atoms with E-state index in [-0.39, 0.29) is 16.5 Å². The molecule has 0 atom stereocenters. The summed E-state index contributed by atoms with van der Waals surface area (Å²) in [6.45, 7) is 1.72. The van der Waals surface area contributed by atoms with Crippen LogP contribution in [-0.4, -0.2) is 25.3 Å². The standard InChI is InChI=1S/C9H11ClO5S2/c1-7-6-8(17(12,13)5-4-10)2-3-9(7)16-15-14-11/h2-3,6,11H,4-5H2,1H3. The lowest BCUT2D eigenvalue weighted by Crippen LogP contribution is -2.08. The van der Waals surface area contributed by atoms with Crippen molar-refractivity contribution in [1.82, 2.24) is 0 Å². The van der Waals surface area contributed by atoms with Gasteiger partial charge in [0.05, 0.1) is 22.7 Å². The Hall–Kier alpha value is -0.310. The maximum Gasteiger partial charge on any atom is 0.179 e. The molecule has 96 valence electrons.